The molecule has 1 aliphatic rings. The molecule has 8 nitrogen and oxygen atoms in total. The largest absolute Gasteiger partial charge is 0.487 e. The van der Waals surface area contributed by atoms with Crippen molar-refractivity contribution in [3.05, 3.63) is 65.7 Å². The summed E-state index contributed by atoms with van der Waals surface area (Å²) in [5.41, 5.74) is 0.897. The fourth-order valence-corrected chi connectivity index (χ4v) is 3.08. The zero-order chi connectivity index (χ0) is 24.3. The molecule has 0 unspecified atom stereocenters. The highest BCUT2D eigenvalue weighted by molar-refractivity contribution is 5.94. The first kappa shape index (κ1) is 23.2. The number of alkyl halides is 3. The second kappa shape index (κ2) is 9.49. The number of hydrogen-bond donors (Lipinski definition) is 2. The van der Waals surface area contributed by atoms with Gasteiger partial charge in [0, 0.05) is 17.8 Å². The molecule has 0 atom stereocenters. The molecular formula is C22H19F4N5O3. The number of hydrogen-bond acceptors (Lipinski definition) is 5. The van der Waals surface area contributed by atoms with Crippen molar-refractivity contribution in [2.45, 2.75) is 38.1 Å². The summed E-state index contributed by atoms with van der Waals surface area (Å²) in [6, 6.07) is 11.3. The molecular weight excluding hydrogens is 458 g/mol. The third-order valence-electron chi connectivity index (χ3n) is 4.82. The third-order valence-corrected chi connectivity index (χ3v) is 4.82. The maximum absolute atomic E-state index is 13.5. The zero-order valence-corrected chi connectivity index (χ0v) is 17.6. The highest BCUT2D eigenvalue weighted by atomic mass is 19.4. The van der Waals surface area contributed by atoms with Crippen LogP contribution in [0.2, 0.25) is 0 Å². The molecule has 34 heavy (non-hydrogen) atoms. The molecule has 12 heteroatoms. The number of carbonyl (C=O) groups is 2. The highest BCUT2D eigenvalue weighted by Gasteiger charge is 2.31. The Morgan fingerprint density at radius 2 is 1.85 bits per heavy atom. The summed E-state index contributed by atoms with van der Waals surface area (Å²) in [4.78, 5) is 24.1. The Morgan fingerprint density at radius 1 is 1.12 bits per heavy atom. The molecule has 2 aromatic carbocycles. The van der Waals surface area contributed by atoms with Crippen molar-refractivity contribution in [1.29, 1.82) is 0 Å². The molecule has 0 bridgehead atoms. The van der Waals surface area contributed by atoms with Crippen LogP contribution in [0.3, 0.4) is 0 Å². The Balaban J connectivity index is 1.55. The van der Waals surface area contributed by atoms with Crippen molar-refractivity contribution in [3.63, 3.8) is 0 Å². The molecule has 1 heterocycles. The van der Waals surface area contributed by atoms with Gasteiger partial charge in [0.2, 0.25) is 5.91 Å². The van der Waals surface area contributed by atoms with Crippen LogP contribution < -0.4 is 15.4 Å². The van der Waals surface area contributed by atoms with E-state index in [1.165, 1.54) is 47.1 Å². The Kier molecular flexibility index (Phi) is 6.48. The van der Waals surface area contributed by atoms with Crippen LogP contribution in [0.5, 0.6) is 5.75 Å². The molecule has 1 saturated carbocycles. The van der Waals surface area contributed by atoms with Gasteiger partial charge in [-0.3, -0.25) is 9.59 Å². The van der Waals surface area contributed by atoms with Gasteiger partial charge in [0.1, 0.15) is 30.3 Å². The predicted molar refractivity (Wildman–Crippen MR) is 112 cm³/mol. The van der Waals surface area contributed by atoms with Gasteiger partial charge in [0.05, 0.1) is 5.69 Å². The second-order valence-electron chi connectivity index (χ2n) is 7.68. The molecule has 3 aromatic rings. The Morgan fingerprint density at radius 3 is 2.50 bits per heavy atom. The molecule has 0 aliphatic heterocycles. The number of ether oxygens (including phenoxy) is 1. The van der Waals surface area contributed by atoms with Gasteiger partial charge >= 0.3 is 6.18 Å². The molecule has 4 rings (SSSR count). The fraction of sp³-hybridized carbons (Fsp3) is 0.273. The van der Waals surface area contributed by atoms with Gasteiger partial charge in [0.25, 0.3) is 5.91 Å². The van der Waals surface area contributed by atoms with E-state index in [1.54, 1.807) is 6.07 Å². The van der Waals surface area contributed by atoms with E-state index in [9.17, 15) is 27.2 Å². The summed E-state index contributed by atoms with van der Waals surface area (Å²) in [5.74, 6) is -1.87. The second-order valence-corrected chi connectivity index (χ2v) is 7.68. The molecule has 0 saturated heterocycles. The summed E-state index contributed by atoms with van der Waals surface area (Å²) in [7, 11) is 0. The van der Waals surface area contributed by atoms with E-state index in [0.29, 0.717) is 5.69 Å². The van der Waals surface area contributed by atoms with Gasteiger partial charge in [-0.15, -0.1) is 5.10 Å². The Hall–Kier alpha value is -3.96. The van der Waals surface area contributed by atoms with E-state index >= 15 is 0 Å². The standard InChI is InChI=1S/C22H19F4N5O3/c23-13-2-1-3-17(10-13)34-12-18-20(21(33)28-15-4-5-15)29-30-31(18)16-8-6-14(7-9-16)27-19(32)11-22(24,25)26/h1-3,6-10,15H,4-5,11-12H2,(H,27,32)(H,28,33). The third kappa shape index (κ3) is 6.09. The van der Waals surface area contributed by atoms with Gasteiger partial charge < -0.3 is 15.4 Å². The van der Waals surface area contributed by atoms with Crippen molar-refractivity contribution < 1.29 is 31.9 Å². The van der Waals surface area contributed by atoms with E-state index < -0.39 is 30.2 Å². The lowest BCUT2D eigenvalue weighted by Gasteiger charge is -2.11. The van der Waals surface area contributed by atoms with E-state index in [0.717, 1.165) is 12.8 Å². The molecule has 178 valence electrons. The number of nitrogens with zero attached hydrogens (tertiary/aromatic N) is 3. The van der Waals surface area contributed by atoms with E-state index in [1.807, 2.05) is 0 Å². The van der Waals surface area contributed by atoms with Crippen LogP contribution in [-0.2, 0) is 11.4 Å². The summed E-state index contributed by atoms with van der Waals surface area (Å²) < 4.78 is 57.6. The normalized spacial score (nSPS) is 13.4. The van der Waals surface area contributed by atoms with Gasteiger partial charge in [0.15, 0.2) is 5.69 Å². The van der Waals surface area contributed by atoms with Crippen molar-refractivity contribution in [2.24, 2.45) is 0 Å². The summed E-state index contributed by atoms with van der Waals surface area (Å²) >= 11 is 0. The molecule has 1 aliphatic carbocycles. The minimum Gasteiger partial charge on any atom is -0.487 e. The number of carbonyl (C=O) groups excluding carboxylic acids is 2. The lowest BCUT2D eigenvalue weighted by Crippen LogP contribution is -2.27. The molecule has 1 aromatic heterocycles. The molecule has 2 N–H and O–H groups in total. The topological polar surface area (TPSA) is 98.1 Å². The van der Waals surface area contributed by atoms with E-state index in [-0.39, 0.29) is 35.5 Å². The van der Waals surface area contributed by atoms with Crippen LogP contribution in [-0.4, -0.2) is 39.0 Å². The first-order valence-electron chi connectivity index (χ1n) is 10.3. The first-order valence-corrected chi connectivity index (χ1v) is 10.3. The van der Waals surface area contributed by atoms with Crippen molar-refractivity contribution >= 4 is 17.5 Å². The highest BCUT2D eigenvalue weighted by Crippen LogP contribution is 2.23. The van der Waals surface area contributed by atoms with E-state index in [2.05, 4.69) is 20.9 Å². The van der Waals surface area contributed by atoms with Gasteiger partial charge in [-0.05, 0) is 49.2 Å². The van der Waals surface area contributed by atoms with Crippen LogP contribution in [0.25, 0.3) is 5.69 Å². The number of aromatic nitrogens is 3. The van der Waals surface area contributed by atoms with Crippen LogP contribution >= 0.6 is 0 Å². The smallest absolute Gasteiger partial charge is 0.397 e. The maximum atomic E-state index is 13.5. The van der Waals surface area contributed by atoms with Crippen molar-refractivity contribution in [1.82, 2.24) is 20.3 Å². The summed E-state index contributed by atoms with van der Waals surface area (Å²) in [5, 5.41) is 13.0. The number of nitrogens with one attached hydrogen (secondary N) is 2. The summed E-state index contributed by atoms with van der Waals surface area (Å²) in [6.07, 6.45) is -4.47. The number of benzene rings is 2. The molecule has 0 radical (unpaired) electrons. The maximum Gasteiger partial charge on any atom is 0.397 e. The lowest BCUT2D eigenvalue weighted by atomic mass is 10.2. The minimum atomic E-state index is -4.61. The lowest BCUT2D eigenvalue weighted by molar-refractivity contribution is -0.150. The zero-order valence-electron chi connectivity index (χ0n) is 17.6. The monoisotopic (exact) mass is 477 g/mol. The SMILES string of the molecule is O=C(CC(F)(F)F)Nc1ccc(-n2nnc(C(=O)NC3CC3)c2COc2cccc(F)c2)cc1. The number of anilines is 1. The quantitative estimate of drug-likeness (QED) is 0.482. The van der Waals surface area contributed by atoms with Crippen LogP contribution in [0.1, 0.15) is 35.4 Å². The molecule has 0 spiro atoms. The van der Waals surface area contributed by atoms with Crippen molar-refractivity contribution in [3.8, 4) is 11.4 Å². The average molecular weight is 477 g/mol. The molecule has 2 amide bonds. The van der Waals surface area contributed by atoms with Crippen LogP contribution in [0, 0.1) is 5.82 Å². The fourth-order valence-electron chi connectivity index (χ4n) is 3.08. The van der Waals surface area contributed by atoms with Crippen LogP contribution in [0.15, 0.2) is 48.5 Å². The van der Waals surface area contributed by atoms with Crippen molar-refractivity contribution in [2.75, 3.05) is 5.32 Å². The first-order chi connectivity index (χ1) is 16.2. The van der Waals surface area contributed by atoms with E-state index in [4.69, 9.17) is 4.74 Å². The number of rotatable bonds is 8. The van der Waals surface area contributed by atoms with Gasteiger partial charge in [-0.2, -0.15) is 13.2 Å². The Bertz CT molecular complexity index is 1190. The van der Waals surface area contributed by atoms with Gasteiger partial charge in [-0.25, -0.2) is 9.07 Å². The number of amides is 2. The molecule has 1 fully saturated rings. The predicted octanol–water partition coefficient (Wildman–Crippen LogP) is 3.77. The number of halogens is 4. The van der Waals surface area contributed by atoms with Gasteiger partial charge in [-0.1, -0.05) is 11.3 Å². The summed E-state index contributed by atoms with van der Waals surface area (Å²) in [6.45, 7) is -0.159. The van der Waals surface area contributed by atoms with Crippen LogP contribution in [0.4, 0.5) is 23.2 Å². The Labute approximate surface area is 190 Å². The average Bonchev–Trinajstić information content (AvgIpc) is 3.47. The minimum absolute atomic E-state index is 0.0332.